The minimum Gasteiger partial charge on any atom is -0.468 e. The third-order valence-electron chi connectivity index (χ3n) is 1.45. The van der Waals surface area contributed by atoms with E-state index in [2.05, 4.69) is 4.74 Å². The maximum atomic E-state index is 11.0. The quantitative estimate of drug-likeness (QED) is 0.509. The molecule has 0 radical (unpaired) electrons. The number of nitrogens with zero attached hydrogens (tertiary/aromatic N) is 1. The lowest BCUT2D eigenvalue weighted by Gasteiger charge is -2.00. The molecule has 1 aromatic heterocycles. The number of esters is 1. The SMILES string of the molecule is COC(=O)Cn1c(=O)[nH]c(=O)[nH]c1=O. The van der Waals surface area contributed by atoms with Crippen LogP contribution in [-0.2, 0) is 16.1 Å². The predicted octanol–water partition coefficient (Wildman–Crippen LogP) is -2.60. The second-order valence-electron chi connectivity index (χ2n) is 2.35. The van der Waals surface area contributed by atoms with Crippen molar-refractivity contribution in [3.05, 3.63) is 31.5 Å². The largest absolute Gasteiger partial charge is 0.468 e. The van der Waals surface area contributed by atoms with Gasteiger partial charge in [0.1, 0.15) is 6.54 Å². The average Bonchev–Trinajstić information content (AvgIpc) is 2.10. The van der Waals surface area contributed by atoms with Gasteiger partial charge in [-0.2, -0.15) is 0 Å². The molecule has 76 valence electrons. The molecule has 0 aliphatic rings. The number of aromatic amines is 2. The highest BCUT2D eigenvalue weighted by atomic mass is 16.5. The van der Waals surface area contributed by atoms with Gasteiger partial charge in [0, 0.05) is 0 Å². The summed E-state index contributed by atoms with van der Waals surface area (Å²) in [5, 5.41) is 0. The molecule has 8 nitrogen and oxygen atoms in total. The lowest BCUT2D eigenvalue weighted by atomic mass is 10.6. The lowest BCUT2D eigenvalue weighted by molar-refractivity contribution is -0.141. The first-order chi connectivity index (χ1) is 6.54. The zero-order valence-electron chi connectivity index (χ0n) is 7.20. The van der Waals surface area contributed by atoms with Crippen molar-refractivity contribution in [1.29, 1.82) is 0 Å². The smallest absolute Gasteiger partial charge is 0.334 e. The van der Waals surface area contributed by atoms with E-state index in [1.54, 1.807) is 9.97 Å². The average molecular weight is 201 g/mol. The number of carbonyl (C=O) groups excluding carboxylic acids is 1. The summed E-state index contributed by atoms with van der Waals surface area (Å²) >= 11 is 0. The van der Waals surface area contributed by atoms with Crippen LogP contribution in [0.4, 0.5) is 0 Å². The normalized spacial score (nSPS) is 9.79. The summed E-state index contributed by atoms with van der Waals surface area (Å²) in [4.78, 5) is 46.9. The zero-order chi connectivity index (χ0) is 10.7. The van der Waals surface area contributed by atoms with Gasteiger partial charge in [-0.25, -0.2) is 19.0 Å². The summed E-state index contributed by atoms with van der Waals surface area (Å²) in [7, 11) is 1.12. The van der Waals surface area contributed by atoms with Crippen LogP contribution in [0, 0.1) is 0 Å². The summed E-state index contributed by atoms with van der Waals surface area (Å²) in [6.45, 7) is -0.540. The van der Waals surface area contributed by atoms with Crippen LogP contribution < -0.4 is 17.1 Å². The summed E-state index contributed by atoms with van der Waals surface area (Å²) in [6, 6.07) is 0. The number of nitrogens with one attached hydrogen (secondary N) is 2. The van der Waals surface area contributed by atoms with Gasteiger partial charge in [-0.05, 0) is 0 Å². The molecule has 0 bridgehead atoms. The summed E-state index contributed by atoms with van der Waals surface area (Å²) in [5.74, 6) is -0.760. The van der Waals surface area contributed by atoms with Crippen LogP contribution >= 0.6 is 0 Å². The van der Waals surface area contributed by atoms with Crippen LogP contribution in [0.5, 0.6) is 0 Å². The number of hydrogen-bond donors (Lipinski definition) is 2. The fraction of sp³-hybridized carbons (Fsp3) is 0.333. The highest BCUT2D eigenvalue weighted by Gasteiger charge is 2.07. The van der Waals surface area contributed by atoms with E-state index in [-0.39, 0.29) is 0 Å². The van der Waals surface area contributed by atoms with Gasteiger partial charge in [0.15, 0.2) is 0 Å². The van der Waals surface area contributed by atoms with Crippen molar-refractivity contribution < 1.29 is 9.53 Å². The molecule has 0 amide bonds. The second-order valence-corrected chi connectivity index (χ2v) is 2.35. The molecule has 1 rings (SSSR count). The number of H-pyrrole nitrogens is 2. The Balaban J connectivity index is 3.23. The van der Waals surface area contributed by atoms with E-state index < -0.39 is 29.6 Å². The fourth-order valence-corrected chi connectivity index (χ4v) is 0.790. The molecule has 0 aliphatic carbocycles. The molecule has 2 N–H and O–H groups in total. The molecule has 0 atom stereocenters. The van der Waals surface area contributed by atoms with E-state index in [1.165, 1.54) is 0 Å². The molecule has 8 heteroatoms. The molecule has 1 heterocycles. The molecular formula is C6H7N3O5. The van der Waals surface area contributed by atoms with Crippen molar-refractivity contribution in [2.75, 3.05) is 7.11 Å². The molecule has 0 fully saturated rings. The minimum atomic E-state index is -0.954. The van der Waals surface area contributed by atoms with E-state index in [0.29, 0.717) is 4.57 Å². The van der Waals surface area contributed by atoms with Crippen LogP contribution in [0.3, 0.4) is 0 Å². The number of carbonyl (C=O) groups is 1. The monoisotopic (exact) mass is 201 g/mol. The van der Waals surface area contributed by atoms with Gasteiger partial charge >= 0.3 is 23.0 Å². The number of methoxy groups -OCH3 is 1. The van der Waals surface area contributed by atoms with Crippen molar-refractivity contribution in [1.82, 2.24) is 14.5 Å². The molecule has 14 heavy (non-hydrogen) atoms. The van der Waals surface area contributed by atoms with Crippen LogP contribution in [-0.4, -0.2) is 27.6 Å². The van der Waals surface area contributed by atoms with Crippen LogP contribution in [0.2, 0.25) is 0 Å². The van der Waals surface area contributed by atoms with Gasteiger partial charge in [0.05, 0.1) is 7.11 Å². The number of aromatic nitrogens is 3. The zero-order valence-corrected chi connectivity index (χ0v) is 7.20. The van der Waals surface area contributed by atoms with Crippen molar-refractivity contribution >= 4 is 5.97 Å². The van der Waals surface area contributed by atoms with Gasteiger partial charge in [-0.15, -0.1) is 0 Å². The summed E-state index contributed by atoms with van der Waals surface area (Å²) < 4.78 is 4.77. The Kier molecular flexibility index (Phi) is 2.65. The summed E-state index contributed by atoms with van der Waals surface area (Å²) in [5.41, 5.74) is -2.82. The van der Waals surface area contributed by atoms with Crippen molar-refractivity contribution in [2.45, 2.75) is 6.54 Å². The first-order valence-corrected chi connectivity index (χ1v) is 3.55. The molecule has 0 aromatic carbocycles. The van der Waals surface area contributed by atoms with Crippen LogP contribution in [0.15, 0.2) is 14.4 Å². The molecule has 0 unspecified atom stereocenters. The number of ether oxygens (including phenoxy) is 1. The molecule has 0 aliphatic heterocycles. The minimum absolute atomic E-state index is 0.521. The Morgan fingerprint density at radius 3 is 2.21 bits per heavy atom. The van der Waals surface area contributed by atoms with E-state index in [1.807, 2.05) is 0 Å². The Bertz CT molecular complexity index is 473. The Morgan fingerprint density at radius 1 is 1.29 bits per heavy atom. The Hall–Kier alpha value is -2.12. The van der Waals surface area contributed by atoms with E-state index in [0.717, 1.165) is 7.11 Å². The molecule has 0 saturated carbocycles. The predicted molar refractivity (Wildman–Crippen MR) is 44.0 cm³/mol. The third kappa shape index (κ3) is 1.97. The van der Waals surface area contributed by atoms with Crippen LogP contribution in [0.25, 0.3) is 0 Å². The maximum absolute atomic E-state index is 11.0. The van der Waals surface area contributed by atoms with E-state index in [4.69, 9.17) is 0 Å². The van der Waals surface area contributed by atoms with Gasteiger partial charge in [-0.3, -0.25) is 14.8 Å². The van der Waals surface area contributed by atoms with Crippen molar-refractivity contribution in [3.63, 3.8) is 0 Å². The standard InChI is InChI=1S/C6H7N3O5/c1-14-3(10)2-9-5(12)7-4(11)8-6(9)13/h2H2,1H3,(H2,7,8,11,12,13). The first kappa shape index (κ1) is 9.96. The molecule has 0 saturated heterocycles. The van der Waals surface area contributed by atoms with Crippen molar-refractivity contribution in [3.8, 4) is 0 Å². The highest BCUT2D eigenvalue weighted by Crippen LogP contribution is 1.74. The second kappa shape index (κ2) is 3.73. The fourth-order valence-electron chi connectivity index (χ4n) is 0.790. The van der Waals surface area contributed by atoms with Gasteiger partial charge in [-0.1, -0.05) is 0 Å². The third-order valence-corrected chi connectivity index (χ3v) is 1.45. The van der Waals surface area contributed by atoms with E-state index >= 15 is 0 Å². The van der Waals surface area contributed by atoms with Gasteiger partial charge < -0.3 is 4.74 Å². The van der Waals surface area contributed by atoms with E-state index in [9.17, 15) is 19.2 Å². The first-order valence-electron chi connectivity index (χ1n) is 3.55. The van der Waals surface area contributed by atoms with Gasteiger partial charge in [0.2, 0.25) is 0 Å². The maximum Gasteiger partial charge on any atom is 0.334 e. The highest BCUT2D eigenvalue weighted by molar-refractivity contribution is 5.68. The number of hydrogen-bond acceptors (Lipinski definition) is 5. The van der Waals surface area contributed by atoms with Crippen LogP contribution in [0.1, 0.15) is 0 Å². The Morgan fingerprint density at radius 2 is 1.79 bits per heavy atom. The lowest BCUT2D eigenvalue weighted by Crippen LogP contribution is -2.44. The van der Waals surface area contributed by atoms with Gasteiger partial charge in [0.25, 0.3) is 0 Å². The molecule has 0 spiro atoms. The number of rotatable bonds is 2. The molecular weight excluding hydrogens is 194 g/mol. The summed E-state index contributed by atoms with van der Waals surface area (Å²) in [6.07, 6.45) is 0. The molecule has 1 aromatic rings. The Labute approximate surface area is 76.2 Å². The topological polar surface area (TPSA) is 114 Å². The van der Waals surface area contributed by atoms with Crippen molar-refractivity contribution in [2.24, 2.45) is 0 Å².